The maximum atomic E-state index is 10.7. The lowest BCUT2D eigenvalue weighted by molar-refractivity contribution is -0.114. The van der Waals surface area contributed by atoms with Gasteiger partial charge in [0.05, 0.1) is 12.8 Å². The fourth-order valence-electron chi connectivity index (χ4n) is 0.973. The zero-order valence-corrected chi connectivity index (χ0v) is 7.50. The Morgan fingerprint density at radius 1 is 1.54 bits per heavy atom. The van der Waals surface area contributed by atoms with Crippen LogP contribution in [0, 0.1) is 0 Å². The van der Waals surface area contributed by atoms with Crippen molar-refractivity contribution in [3.8, 4) is 11.5 Å². The number of ether oxygens (including phenoxy) is 1. The van der Waals surface area contributed by atoms with Gasteiger partial charge in [-0.15, -0.1) is 0 Å². The smallest absolute Gasteiger partial charge is 0.221 e. The molecule has 1 aromatic carbocycles. The second-order valence-corrected chi connectivity index (χ2v) is 2.57. The average molecular weight is 181 g/mol. The van der Waals surface area contributed by atoms with E-state index < -0.39 is 0 Å². The van der Waals surface area contributed by atoms with Crippen molar-refractivity contribution < 1.29 is 14.6 Å². The van der Waals surface area contributed by atoms with E-state index in [1.807, 2.05) is 0 Å². The molecule has 0 saturated heterocycles. The number of amides is 1. The van der Waals surface area contributed by atoms with E-state index in [0.717, 1.165) is 0 Å². The van der Waals surface area contributed by atoms with Crippen LogP contribution >= 0.6 is 0 Å². The standard InChI is InChI=1S/C9H11NO3/c1-6(11)10-8-4-3-7(12)5-9(8)13-2/h3-5,12H,1-2H3,(H,10,11). The second kappa shape index (κ2) is 3.80. The third-order valence-electron chi connectivity index (χ3n) is 1.50. The van der Waals surface area contributed by atoms with Crippen molar-refractivity contribution in [2.24, 2.45) is 0 Å². The summed E-state index contributed by atoms with van der Waals surface area (Å²) in [6.07, 6.45) is 0. The van der Waals surface area contributed by atoms with Gasteiger partial charge in [-0.05, 0) is 12.1 Å². The number of hydrogen-bond acceptors (Lipinski definition) is 3. The molecule has 4 heteroatoms. The van der Waals surface area contributed by atoms with Crippen LogP contribution in [0.5, 0.6) is 11.5 Å². The van der Waals surface area contributed by atoms with Crippen molar-refractivity contribution in [2.45, 2.75) is 6.92 Å². The Labute approximate surface area is 76.1 Å². The Kier molecular flexibility index (Phi) is 2.74. The molecule has 0 atom stereocenters. The Bertz CT molecular complexity index is 323. The molecule has 0 spiro atoms. The molecule has 1 amide bonds. The number of methoxy groups -OCH3 is 1. The number of hydrogen-bond donors (Lipinski definition) is 2. The van der Waals surface area contributed by atoms with Gasteiger partial charge >= 0.3 is 0 Å². The van der Waals surface area contributed by atoms with Gasteiger partial charge in [-0.3, -0.25) is 4.79 Å². The van der Waals surface area contributed by atoms with Crippen molar-refractivity contribution >= 4 is 11.6 Å². The first-order valence-electron chi connectivity index (χ1n) is 3.78. The lowest BCUT2D eigenvalue weighted by atomic mass is 10.2. The highest BCUT2D eigenvalue weighted by atomic mass is 16.5. The SMILES string of the molecule is COc1cc(O)ccc1NC(C)=O. The van der Waals surface area contributed by atoms with E-state index in [4.69, 9.17) is 9.84 Å². The summed E-state index contributed by atoms with van der Waals surface area (Å²) < 4.78 is 4.95. The Hall–Kier alpha value is -1.71. The van der Waals surface area contributed by atoms with Crippen molar-refractivity contribution in [3.05, 3.63) is 18.2 Å². The normalized spacial score (nSPS) is 9.38. The molecule has 1 rings (SSSR count). The molecular formula is C9H11NO3. The molecule has 0 unspecified atom stereocenters. The monoisotopic (exact) mass is 181 g/mol. The number of anilines is 1. The summed E-state index contributed by atoms with van der Waals surface area (Å²) in [5, 5.41) is 11.7. The molecule has 13 heavy (non-hydrogen) atoms. The van der Waals surface area contributed by atoms with Crippen LogP contribution < -0.4 is 10.1 Å². The zero-order valence-electron chi connectivity index (χ0n) is 7.50. The quantitative estimate of drug-likeness (QED) is 0.677. The van der Waals surface area contributed by atoms with Gasteiger partial charge in [0.25, 0.3) is 0 Å². The van der Waals surface area contributed by atoms with Crippen LogP contribution in [0.15, 0.2) is 18.2 Å². The van der Waals surface area contributed by atoms with E-state index >= 15 is 0 Å². The van der Waals surface area contributed by atoms with E-state index in [1.54, 1.807) is 6.07 Å². The molecule has 0 saturated carbocycles. The lowest BCUT2D eigenvalue weighted by Gasteiger charge is -2.08. The number of carbonyl (C=O) groups is 1. The summed E-state index contributed by atoms with van der Waals surface area (Å²) in [5.41, 5.74) is 0.549. The van der Waals surface area contributed by atoms with Crippen molar-refractivity contribution in [1.82, 2.24) is 0 Å². The second-order valence-electron chi connectivity index (χ2n) is 2.57. The summed E-state index contributed by atoms with van der Waals surface area (Å²) in [7, 11) is 1.47. The zero-order chi connectivity index (χ0) is 9.84. The van der Waals surface area contributed by atoms with Gasteiger partial charge in [0.1, 0.15) is 11.5 Å². The number of nitrogens with one attached hydrogen (secondary N) is 1. The third-order valence-corrected chi connectivity index (χ3v) is 1.50. The minimum absolute atomic E-state index is 0.103. The van der Waals surface area contributed by atoms with Gasteiger partial charge in [-0.2, -0.15) is 0 Å². The Morgan fingerprint density at radius 2 is 2.23 bits per heavy atom. The number of aromatic hydroxyl groups is 1. The van der Waals surface area contributed by atoms with Gasteiger partial charge in [-0.1, -0.05) is 0 Å². The first kappa shape index (κ1) is 9.38. The summed E-state index contributed by atoms with van der Waals surface area (Å²) in [5.74, 6) is 0.366. The van der Waals surface area contributed by atoms with Gasteiger partial charge < -0.3 is 15.2 Å². The predicted molar refractivity (Wildman–Crippen MR) is 49.0 cm³/mol. The van der Waals surface area contributed by atoms with E-state index in [2.05, 4.69) is 5.32 Å². The maximum absolute atomic E-state index is 10.7. The predicted octanol–water partition coefficient (Wildman–Crippen LogP) is 1.36. The Morgan fingerprint density at radius 3 is 2.77 bits per heavy atom. The third kappa shape index (κ3) is 2.37. The molecule has 4 nitrogen and oxygen atoms in total. The van der Waals surface area contributed by atoms with Crippen molar-refractivity contribution in [3.63, 3.8) is 0 Å². The van der Waals surface area contributed by atoms with Crippen molar-refractivity contribution in [1.29, 1.82) is 0 Å². The molecule has 70 valence electrons. The molecule has 2 N–H and O–H groups in total. The highest BCUT2D eigenvalue weighted by Gasteiger charge is 2.04. The fourth-order valence-corrected chi connectivity index (χ4v) is 0.973. The molecule has 0 aliphatic rings. The highest BCUT2D eigenvalue weighted by Crippen LogP contribution is 2.28. The summed E-state index contributed by atoms with van der Waals surface area (Å²) >= 11 is 0. The van der Waals surface area contributed by atoms with E-state index in [-0.39, 0.29) is 11.7 Å². The number of carbonyl (C=O) groups excluding carboxylic acids is 1. The van der Waals surface area contributed by atoms with E-state index in [0.29, 0.717) is 11.4 Å². The first-order chi connectivity index (χ1) is 6.13. The van der Waals surface area contributed by atoms with E-state index in [9.17, 15) is 4.79 Å². The van der Waals surface area contributed by atoms with Crippen LogP contribution in [0.3, 0.4) is 0 Å². The largest absolute Gasteiger partial charge is 0.508 e. The van der Waals surface area contributed by atoms with Gasteiger partial charge in [0, 0.05) is 13.0 Å². The molecule has 0 fully saturated rings. The fraction of sp³-hybridized carbons (Fsp3) is 0.222. The molecule has 0 bridgehead atoms. The Balaban J connectivity index is 2.99. The molecule has 0 aliphatic carbocycles. The molecule has 0 heterocycles. The van der Waals surface area contributed by atoms with Gasteiger partial charge in [-0.25, -0.2) is 0 Å². The van der Waals surface area contributed by atoms with Crippen LogP contribution in [0.1, 0.15) is 6.92 Å². The summed E-state index contributed by atoms with van der Waals surface area (Å²) in [4.78, 5) is 10.7. The van der Waals surface area contributed by atoms with Crippen LogP contribution in [0.4, 0.5) is 5.69 Å². The number of rotatable bonds is 2. The lowest BCUT2D eigenvalue weighted by Crippen LogP contribution is -2.06. The van der Waals surface area contributed by atoms with Crippen molar-refractivity contribution in [2.75, 3.05) is 12.4 Å². The van der Waals surface area contributed by atoms with E-state index in [1.165, 1.54) is 26.2 Å². The summed E-state index contributed by atoms with van der Waals surface area (Å²) in [6, 6.07) is 4.49. The number of benzene rings is 1. The van der Waals surface area contributed by atoms with Crippen LogP contribution in [-0.2, 0) is 4.79 Å². The molecule has 1 aromatic rings. The first-order valence-corrected chi connectivity index (χ1v) is 3.78. The molecule has 0 radical (unpaired) electrons. The van der Waals surface area contributed by atoms with Crippen LogP contribution in [-0.4, -0.2) is 18.1 Å². The van der Waals surface area contributed by atoms with Crippen LogP contribution in [0.2, 0.25) is 0 Å². The van der Waals surface area contributed by atoms with Crippen LogP contribution in [0.25, 0.3) is 0 Å². The number of phenols is 1. The number of phenolic OH excluding ortho intramolecular Hbond substituents is 1. The van der Waals surface area contributed by atoms with Gasteiger partial charge in [0.2, 0.25) is 5.91 Å². The summed E-state index contributed by atoms with van der Waals surface area (Å²) in [6.45, 7) is 1.41. The average Bonchev–Trinajstić information content (AvgIpc) is 2.07. The molecule has 0 aliphatic heterocycles. The maximum Gasteiger partial charge on any atom is 0.221 e. The molecule has 0 aromatic heterocycles. The topological polar surface area (TPSA) is 58.6 Å². The highest BCUT2D eigenvalue weighted by molar-refractivity contribution is 5.90. The van der Waals surface area contributed by atoms with Gasteiger partial charge in [0.15, 0.2) is 0 Å². The minimum Gasteiger partial charge on any atom is -0.508 e. The molecular weight excluding hydrogens is 170 g/mol. The minimum atomic E-state index is -0.177.